The van der Waals surface area contributed by atoms with Crippen molar-refractivity contribution < 1.29 is 4.92 Å². The van der Waals surface area contributed by atoms with Crippen molar-refractivity contribution in [2.24, 2.45) is 0 Å². The Bertz CT molecular complexity index is 905. The summed E-state index contributed by atoms with van der Waals surface area (Å²) in [6, 6.07) is 16.0. The molecule has 2 aromatic carbocycles. The van der Waals surface area contributed by atoms with Gasteiger partial charge in [0.25, 0.3) is 5.69 Å². The van der Waals surface area contributed by atoms with Crippen LogP contribution in [0.3, 0.4) is 0 Å². The third-order valence-electron chi connectivity index (χ3n) is 3.08. The molecule has 0 amide bonds. The van der Waals surface area contributed by atoms with Gasteiger partial charge in [-0.3, -0.25) is 10.1 Å². The first-order valence-corrected chi connectivity index (χ1v) is 7.22. The van der Waals surface area contributed by atoms with Gasteiger partial charge in [-0.05, 0) is 24.3 Å². The van der Waals surface area contributed by atoms with Gasteiger partial charge in [-0.1, -0.05) is 24.3 Å². The van der Waals surface area contributed by atoms with E-state index in [0.717, 1.165) is 10.2 Å². The third kappa shape index (κ3) is 2.57. The molecule has 0 fully saturated rings. The van der Waals surface area contributed by atoms with Gasteiger partial charge in [-0.15, -0.1) is 11.3 Å². The zero-order valence-corrected chi connectivity index (χ0v) is 12.1. The summed E-state index contributed by atoms with van der Waals surface area (Å²) in [5.41, 5.74) is 1.49. The fraction of sp³-hybridized carbons (Fsp3) is 0. The normalized spacial score (nSPS) is 11.3. The number of nitro benzene ring substituents is 1. The Morgan fingerprint density at radius 1 is 1.23 bits per heavy atom. The molecule has 0 aliphatic heterocycles. The van der Waals surface area contributed by atoms with Crippen LogP contribution in [-0.2, 0) is 0 Å². The molecule has 0 bridgehead atoms. The molecule has 0 N–H and O–H groups in total. The van der Waals surface area contributed by atoms with E-state index < -0.39 is 4.92 Å². The molecule has 0 unspecified atom stereocenters. The standard InChI is InChI=1S/C16H9N3O2S/c17-10-12(9-11-5-1-3-7-14(11)19(20)21)16-18-13-6-2-4-8-15(13)22-16/h1-9H/b12-9+. The minimum absolute atomic E-state index is 0.0311. The number of hydrogen-bond acceptors (Lipinski definition) is 5. The van der Waals surface area contributed by atoms with Gasteiger partial charge in [-0.2, -0.15) is 5.26 Å². The SMILES string of the molecule is N#C/C(=C\c1ccccc1[N+](=O)[O-])c1nc2ccccc2s1. The molecule has 6 heteroatoms. The summed E-state index contributed by atoms with van der Waals surface area (Å²) in [5, 5.41) is 21.0. The van der Waals surface area contributed by atoms with Crippen molar-refractivity contribution >= 4 is 38.9 Å². The molecule has 0 atom stereocenters. The molecule has 0 aliphatic carbocycles. The van der Waals surface area contributed by atoms with E-state index in [4.69, 9.17) is 0 Å². The van der Waals surface area contributed by atoms with Crippen molar-refractivity contribution in [2.75, 3.05) is 0 Å². The van der Waals surface area contributed by atoms with Crippen LogP contribution in [-0.4, -0.2) is 9.91 Å². The number of rotatable bonds is 3. The predicted octanol–water partition coefficient (Wildman–Crippen LogP) is 4.27. The first kappa shape index (κ1) is 13.9. The van der Waals surface area contributed by atoms with Crippen molar-refractivity contribution in [1.29, 1.82) is 5.26 Å². The predicted molar refractivity (Wildman–Crippen MR) is 86.2 cm³/mol. The van der Waals surface area contributed by atoms with Crippen molar-refractivity contribution in [1.82, 2.24) is 4.98 Å². The number of fused-ring (bicyclic) bond motifs is 1. The Kier molecular flexibility index (Phi) is 3.64. The van der Waals surface area contributed by atoms with E-state index in [-0.39, 0.29) is 5.69 Å². The number of nitrogens with zero attached hydrogens (tertiary/aromatic N) is 3. The fourth-order valence-electron chi connectivity index (χ4n) is 2.06. The lowest BCUT2D eigenvalue weighted by molar-refractivity contribution is -0.385. The molecule has 0 radical (unpaired) electrons. The van der Waals surface area contributed by atoms with Crippen LogP contribution in [0.2, 0.25) is 0 Å². The maximum Gasteiger partial charge on any atom is 0.276 e. The molecule has 0 saturated heterocycles. The maximum absolute atomic E-state index is 11.0. The Hall–Kier alpha value is -3.04. The lowest BCUT2D eigenvalue weighted by Crippen LogP contribution is -1.91. The summed E-state index contributed by atoms with van der Waals surface area (Å²) >= 11 is 1.39. The average Bonchev–Trinajstić information content (AvgIpc) is 2.96. The highest BCUT2D eigenvalue weighted by atomic mass is 32.1. The van der Waals surface area contributed by atoms with Gasteiger partial charge in [0.15, 0.2) is 0 Å². The van der Waals surface area contributed by atoms with E-state index in [1.165, 1.54) is 23.5 Å². The molecular formula is C16H9N3O2S. The van der Waals surface area contributed by atoms with Crippen molar-refractivity contribution in [2.45, 2.75) is 0 Å². The Balaban J connectivity index is 2.12. The molecule has 22 heavy (non-hydrogen) atoms. The van der Waals surface area contributed by atoms with Crippen molar-refractivity contribution in [3.8, 4) is 6.07 Å². The van der Waals surface area contributed by atoms with Gasteiger partial charge >= 0.3 is 0 Å². The zero-order chi connectivity index (χ0) is 15.5. The summed E-state index contributed by atoms with van der Waals surface area (Å²) in [4.78, 5) is 15.0. The van der Waals surface area contributed by atoms with Crippen LogP contribution in [0.15, 0.2) is 48.5 Å². The number of para-hydroxylation sites is 2. The smallest absolute Gasteiger partial charge is 0.258 e. The quantitative estimate of drug-likeness (QED) is 0.411. The van der Waals surface area contributed by atoms with E-state index >= 15 is 0 Å². The Morgan fingerprint density at radius 3 is 2.68 bits per heavy atom. The molecule has 0 aliphatic rings. The van der Waals surface area contributed by atoms with Crippen LogP contribution in [0, 0.1) is 21.4 Å². The second-order valence-electron chi connectivity index (χ2n) is 4.47. The zero-order valence-electron chi connectivity index (χ0n) is 11.3. The number of allylic oxidation sites excluding steroid dienone is 1. The van der Waals surface area contributed by atoms with Gasteiger partial charge in [0.1, 0.15) is 11.1 Å². The third-order valence-corrected chi connectivity index (χ3v) is 4.15. The van der Waals surface area contributed by atoms with Crippen LogP contribution >= 0.6 is 11.3 Å². The molecule has 1 aromatic heterocycles. The van der Waals surface area contributed by atoms with E-state index in [0.29, 0.717) is 16.1 Å². The van der Waals surface area contributed by atoms with E-state index in [1.54, 1.807) is 18.2 Å². The molecule has 0 saturated carbocycles. The second-order valence-corrected chi connectivity index (χ2v) is 5.50. The van der Waals surface area contributed by atoms with Crippen LogP contribution in [0.25, 0.3) is 21.9 Å². The Labute approximate surface area is 129 Å². The first-order valence-electron chi connectivity index (χ1n) is 6.40. The second kappa shape index (κ2) is 5.76. The van der Waals surface area contributed by atoms with Gasteiger partial charge in [0.2, 0.25) is 0 Å². The number of hydrogen-bond donors (Lipinski definition) is 0. The fourth-order valence-corrected chi connectivity index (χ4v) is 2.99. The highest BCUT2D eigenvalue weighted by molar-refractivity contribution is 7.19. The lowest BCUT2D eigenvalue weighted by Gasteiger charge is -1.97. The topological polar surface area (TPSA) is 79.8 Å². The van der Waals surface area contributed by atoms with Gasteiger partial charge < -0.3 is 0 Å². The van der Waals surface area contributed by atoms with Crippen LogP contribution < -0.4 is 0 Å². The van der Waals surface area contributed by atoms with Crippen LogP contribution in [0.1, 0.15) is 10.6 Å². The minimum Gasteiger partial charge on any atom is -0.258 e. The number of benzene rings is 2. The molecule has 106 valence electrons. The average molecular weight is 307 g/mol. The lowest BCUT2D eigenvalue weighted by atomic mass is 10.1. The van der Waals surface area contributed by atoms with Crippen LogP contribution in [0.4, 0.5) is 5.69 Å². The number of aromatic nitrogens is 1. The van der Waals surface area contributed by atoms with Gasteiger partial charge in [0, 0.05) is 6.07 Å². The highest BCUT2D eigenvalue weighted by Gasteiger charge is 2.14. The number of nitriles is 1. The molecule has 1 heterocycles. The van der Waals surface area contributed by atoms with Gasteiger partial charge in [-0.25, -0.2) is 4.98 Å². The summed E-state index contributed by atoms with van der Waals surface area (Å²) < 4.78 is 0.973. The molecule has 0 spiro atoms. The maximum atomic E-state index is 11.0. The largest absolute Gasteiger partial charge is 0.276 e. The van der Waals surface area contributed by atoms with E-state index in [1.807, 2.05) is 24.3 Å². The summed E-state index contributed by atoms with van der Waals surface area (Å²) in [6.45, 7) is 0. The monoisotopic (exact) mass is 307 g/mol. The van der Waals surface area contributed by atoms with E-state index in [2.05, 4.69) is 11.1 Å². The Morgan fingerprint density at radius 2 is 1.95 bits per heavy atom. The van der Waals surface area contributed by atoms with Gasteiger partial charge in [0.05, 0.1) is 26.3 Å². The summed E-state index contributed by atoms with van der Waals surface area (Å²) in [5.74, 6) is 0. The van der Waals surface area contributed by atoms with Crippen LogP contribution in [0.5, 0.6) is 0 Å². The number of nitro groups is 1. The number of thiazole rings is 1. The molecule has 5 nitrogen and oxygen atoms in total. The molecular weight excluding hydrogens is 298 g/mol. The van der Waals surface area contributed by atoms with E-state index in [9.17, 15) is 15.4 Å². The minimum atomic E-state index is -0.459. The molecule has 3 rings (SSSR count). The first-order chi connectivity index (χ1) is 10.7. The molecule has 3 aromatic rings. The summed E-state index contributed by atoms with van der Waals surface area (Å²) in [6.07, 6.45) is 1.51. The van der Waals surface area contributed by atoms with Crippen molar-refractivity contribution in [3.63, 3.8) is 0 Å². The highest BCUT2D eigenvalue weighted by Crippen LogP contribution is 2.29. The summed E-state index contributed by atoms with van der Waals surface area (Å²) in [7, 11) is 0. The van der Waals surface area contributed by atoms with Crippen molar-refractivity contribution in [3.05, 3.63) is 69.2 Å².